The highest BCUT2D eigenvalue weighted by molar-refractivity contribution is 5.58. The van der Waals surface area contributed by atoms with Gasteiger partial charge in [-0.25, -0.2) is 9.66 Å². The molecule has 0 saturated heterocycles. The molecule has 2 aromatic heterocycles. The fraction of sp³-hybridized carbons (Fsp3) is 0.0833. The fourth-order valence-electron chi connectivity index (χ4n) is 1.85. The van der Waals surface area contributed by atoms with E-state index in [4.69, 9.17) is 5.84 Å². The van der Waals surface area contributed by atoms with Crippen LogP contribution in [-0.2, 0) is 0 Å². The lowest BCUT2D eigenvalue weighted by atomic mass is 10.2. The summed E-state index contributed by atoms with van der Waals surface area (Å²) in [4.78, 5) is 16.0. The van der Waals surface area contributed by atoms with Crippen molar-refractivity contribution in [1.29, 1.82) is 0 Å². The average Bonchev–Trinajstić information content (AvgIpc) is 2.69. The SMILES string of the molecule is Cc1cc(=O)n2nc(-c3ccccc3)n(N)c2n1. The Morgan fingerprint density at radius 1 is 1.22 bits per heavy atom. The van der Waals surface area contributed by atoms with Crippen LogP contribution in [0, 0.1) is 6.92 Å². The first-order valence-electron chi connectivity index (χ1n) is 5.47. The van der Waals surface area contributed by atoms with Crippen molar-refractivity contribution in [3.05, 3.63) is 52.4 Å². The van der Waals surface area contributed by atoms with E-state index in [1.807, 2.05) is 30.3 Å². The third-order valence-corrected chi connectivity index (χ3v) is 2.68. The molecule has 0 unspecified atom stereocenters. The second-order valence-corrected chi connectivity index (χ2v) is 4.01. The van der Waals surface area contributed by atoms with E-state index in [9.17, 15) is 4.79 Å². The van der Waals surface area contributed by atoms with Gasteiger partial charge in [0.15, 0.2) is 5.82 Å². The zero-order valence-electron chi connectivity index (χ0n) is 9.74. The summed E-state index contributed by atoms with van der Waals surface area (Å²) >= 11 is 0. The quantitative estimate of drug-likeness (QED) is 0.632. The lowest BCUT2D eigenvalue weighted by Crippen LogP contribution is -2.17. The van der Waals surface area contributed by atoms with Crippen molar-refractivity contribution in [2.24, 2.45) is 0 Å². The van der Waals surface area contributed by atoms with Crippen LogP contribution >= 0.6 is 0 Å². The third kappa shape index (κ3) is 1.46. The molecule has 18 heavy (non-hydrogen) atoms. The number of benzene rings is 1. The molecule has 0 aliphatic carbocycles. The van der Waals surface area contributed by atoms with E-state index < -0.39 is 0 Å². The Bertz CT molecular complexity index is 772. The topological polar surface area (TPSA) is 78.2 Å². The smallest absolute Gasteiger partial charge is 0.276 e. The first kappa shape index (κ1) is 10.5. The molecule has 0 bridgehead atoms. The number of hydrogen-bond donors (Lipinski definition) is 1. The van der Waals surface area contributed by atoms with Crippen molar-refractivity contribution in [3.63, 3.8) is 0 Å². The van der Waals surface area contributed by atoms with Gasteiger partial charge in [0.1, 0.15) is 0 Å². The molecule has 0 aliphatic heterocycles. The Morgan fingerprint density at radius 3 is 2.67 bits per heavy atom. The maximum atomic E-state index is 11.8. The van der Waals surface area contributed by atoms with Crippen LogP contribution in [0.4, 0.5) is 0 Å². The average molecular weight is 241 g/mol. The van der Waals surface area contributed by atoms with E-state index in [2.05, 4.69) is 10.1 Å². The molecule has 0 saturated carbocycles. The normalized spacial score (nSPS) is 10.9. The van der Waals surface area contributed by atoms with E-state index >= 15 is 0 Å². The number of nitrogens with zero attached hydrogens (tertiary/aromatic N) is 4. The van der Waals surface area contributed by atoms with E-state index in [1.165, 1.54) is 15.3 Å². The molecule has 0 fully saturated rings. The summed E-state index contributed by atoms with van der Waals surface area (Å²) in [5.74, 6) is 6.78. The van der Waals surface area contributed by atoms with Gasteiger partial charge in [-0.05, 0) is 6.92 Å². The van der Waals surface area contributed by atoms with Crippen LogP contribution in [0.1, 0.15) is 5.69 Å². The molecule has 90 valence electrons. The summed E-state index contributed by atoms with van der Waals surface area (Å²) in [6, 6.07) is 10.9. The number of hydrogen-bond acceptors (Lipinski definition) is 4. The van der Waals surface area contributed by atoms with Gasteiger partial charge in [0.05, 0.1) is 0 Å². The number of aryl methyl sites for hydroxylation is 1. The van der Waals surface area contributed by atoms with Gasteiger partial charge in [-0.1, -0.05) is 30.3 Å². The van der Waals surface area contributed by atoms with Crippen LogP contribution in [0.3, 0.4) is 0 Å². The molecule has 0 amide bonds. The molecular formula is C12H11N5O. The Morgan fingerprint density at radius 2 is 1.94 bits per heavy atom. The molecule has 3 aromatic rings. The first-order chi connectivity index (χ1) is 8.66. The minimum absolute atomic E-state index is 0.237. The minimum Gasteiger partial charge on any atom is -0.334 e. The predicted molar refractivity (Wildman–Crippen MR) is 67.6 cm³/mol. The third-order valence-electron chi connectivity index (χ3n) is 2.68. The zero-order chi connectivity index (χ0) is 12.7. The number of aromatic nitrogens is 4. The second kappa shape index (κ2) is 3.69. The van der Waals surface area contributed by atoms with Gasteiger partial charge in [0, 0.05) is 17.3 Å². The Labute approximate surface area is 102 Å². The van der Waals surface area contributed by atoms with Crippen LogP contribution < -0.4 is 11.4 Å². The maximum absolute atomic E-state index is 11.8. The minimum atomic E-state index is -0.237. The number of rotatable bonds is 1. The molecule has 0 radical (unpaired) electrons. The molecule has 2 N–H and O–H groups in total. The van der Waals surface area contributed by atoms with Crippen molar-refractivity contribution >= 4 is 5.78 Å². The number of fused-ring (bicyclic) bond motifs is 1. The van der Waals surface area contributed by atoms with Crippen LogP contribution in [-0.4, -0.2) is 19.3 Å². The second-order valence-electron chi connectivity index (χ2n) is 4.01. The monoisotopic (exact) mass is 241 g/mol. The van der Waals surface area contributed by atoms with Gasteiger partial charge in [-0.2, -0.15) is 4.52 Å². The molecule has 2 heterocycles. The summed E-state index contributed by atoms with van der Waals surface area (Å²) in [6.07, 6.45) is 0. The van der Waals surface area contributed by atoms with Gasteiger partial charge in [0.25, 0.3) is 11.3 Å². The van der Waals surface area contributed by atoms with Crippen LogP contribution in [0.15, 0.2) is 41.2 Å². The highest BCUT2D eigenvalue weighted by atomic mass is 16.1. The van der Waals surface area contributed by atoms with Crippen molar-refractivity contribution in [1.82, 2.24) is 19.3 Å². The Hall–Kier alpha value is -2.63. The molecule has 0 aliphatic rings. The lowest BCUT2D eigenvalue weighted by Gasteiger charge is -1.99. The Kier molecular flexibility index (Phi) is 2.16. The lowest BCUT2D eigenvalue weighted by molar-refractivity contribution is 0.887. The molecule has 0 spiro atoms. The zero-order valence-corrected chi connectivity index (χ0v) is 9.74. The van der Waals surface area contributed by atoms with E-state index in [0.717, 1.165) is 5.56 Å². The number of nitrogen functional groups attached to an aromatic ring is 1. The fourth-order valence-corrected chi connectivity index (χ4v) is 1.85. The summed E-state index contributed by atoms with van der Waals surface area (Å²) in [6.45, 7) is 1.75. The molecule has 6 nitrogen and oxygen atoms in total. The molecule has 3 rings (SSSR count). The van der Waals surface area contributed by atoms with Gasteiger partial charge in [-0.15, -0.1) is 5.10 Å². The predicted octanol–water partition coefficient (Wildman–Crippen LogP) is 0.580. The molecular weight excluding hydrogens is 230 g/mol. The molecule has 6 heteroatoms. The summed E-state index contributed by atoms with van der Waals surface area (Å²) < 4.78 is 2.53. The van der Waals surface area contributed by atoms with Crippen LogP contribution in [0.2, 0.25) is 0 Å². The Balaban J connectivity index is 2.37. The summed E-state index contributed by atoms with van der Waals surface area (Å²) in [5, 5.41) is 4.20. The summed E-state index contributed by atoms with van der Waals surface area (Å²) in [7, 11) is 0. The van der Waals surface area contributed by atoms with Gasteiger partial charge < -0.3 is 5.84 Å². The van der Waals surface area contributed by atoms with E-state index in [0.29, 0.717) is 17.3 Å². The summed E-state index contributed by atoms with van der Waals surface area (Å²) in [5.41, 5.74) is 1.22. The largest absolute Gasteiger partial charge is 0.334 e. The highest BCUT2D eigenvalue weighted by Gasteiger charge is 2.12. The van der Waals surface area contributed by atoms with Crippen molar-refractivity contribution in [3.8, 4) is 11.4 Å². The van der Waals surface area contributed by atoms with Crippen molar-refractivity contribution in [2.45, 2.75) is 6.92 Å². The molecule has 0 atom stereocenters. The maximum Gasteiger partial charge on any atom is 0.276 e. The van der Waals surface area contributed by atoms with Gasteiger partial charge in [0.2, 0.25) is 0 Å². The van der Waals surface area contributed by atoms with E-state index in [-0.39, 0.29) is 5.56 Å². The standard InChI is InChI=1S/C12H11N5O/c1-8-7-10(18)17-12(14-8)16(13)11(15-17)9-5-3-2-4-6-9/h2-7H,13H2,1H3. The van der Waals surface area contributed by atoms with Gasteiger partial charge in [-0.3, -0.25) is 4.79 Å². The van der Waals surface area contributed by atoms with Crippen LogP contribution in [0.25, 0.3) is 17.2 Å². The van der Waals surface area contributed by atoms with Crippen LogP contribution in [0.5, 0.6) is 0 Å². The van der Waals surface area contributed by atoms with E-state index in [1.54, 1.807) is 6.92 Å². The van der Waals surface area contributed by atoms with Crippen molar-refractivity contribution < 1.29 is 0 Å². The highest BCUT2D eigenvalue weighted by Crippen LogP contribution is 2.15. The first-order valence-corrected chi connectivity index (χ1v) is 5.47. The van der Waals surface area contributed by atoms with Gasteiger partial charge >= 0.3 is 0 Å². The molecule has 1 aromatic carbocycles. The number of nitrogens with two attached hydrogens (primary N) is 1. The van der Waals surface area contributed by atoms with Crippen molar-refractivity contribution in [2.75, 3.05) is 5.84 Å².